The molecule has 1 amide bonds. The number of carbonyl (C=O) groups excluding carboxylic acids is 1. The molecule has 3 rings (SSSR count). The van der Waals surface area contributed by atoms with Gasteiger partial charge in [0.1, 0.15) is 17.0 Å². The van der Waals surface area contributed by atoms with Crippen LogP contribution in [0.5, 0.6) is 0 Å². The predicted octanol–water partition coefficient (Wildman–Crippen LogP) is 4.23. The first-order valence-corrected chi connectivity index (χ1v) is 7.89. The van der Waals surface area contributed by atoms with E-state index in [1.54, 1.807) is 18.9 Å². The van der Waals surface area contributed by atoms with Gasteiger partial charge in [0.25, 0.3) is 5.91 Å². The summed E-state index contributed by atoms with van der Waals surface area (Å²) in [6.07, 6.45) is 0. The third-order valence-electron chi connectivity index (χ3n) is 4.01. The second kappa shape index (κ2) is 6.71. The number of hydrogen-bond donors (Lipinski definition) is 0. The number of carbonyl (C=O) groups is 1. The molecule has 3 aromatic rings. The Hall–Kier alpha value is -2.88. The van der Waals surface area contributed by atoms with Crippen LogP contribution >= 0.6 is 0 Å². The van der Waals surface area contributed by atoms with Crippen molar-refractivity contribution in [3.8, 4) is 11.3 Å². The van der Waals surface area contributed by atoms with Gasteiger partial charge in [-0.15, -0.1) is 0 Å². The third-order valence-corrected chi connectivity index (χ3v) is 4.01. The van der Waals surface area contributed by atoms with Crippen molar-refractivity contribution in [3.63, 3.8) is 0 Å². The van der Waals surface area contributed by atoms with E-state index < -0.39 is 0 Å². The average Bonchev–Trinajstić information content (AvgIpc) is 2.98. The van der Waals surface area contributed by atoms with Crippen molar-refractivity contribution >= 4 is 5.91 Å². The van der Waals surface area contributed by atoms with Crippen LogP contribution in [0.4, 0.5) is 0 Å². The fraction of sp³-hybridized carbons (Fsp3) is 0.200. The van der Waals surface area contributed by atoms with Gasteiger partial charge in [0.05, 0.1) is 0 Å². The molecular formula is C20H20N2O2. The maximum atomic E-state index is 12.9. The first-order valence-electron chi connectivity index (χ1n) is 7.89. The molecule has 0 saturated heterocycles. The Morgan fingerprint density at radius 2 is 1.71 bits per heavy atom. The minimum atomic E-state index is -0.0896. The van der Waals surface area contributed by atoms with E-state index in [-0.39, 0.29) is 5.91 Å². The van der Waals surface area contributed by atoms with Gasteiger partial charge in [0, 0.05) is 19.2 Å². The van der Waals surface area contributed by atoms with E-state index in [1.807, 2.05) is 61.5 Å². The van der Waals surface area contributed by atoms with Gasteiger partial charge < -0.3 is 9.42 Å². The molecular weight excluding hydrogens is 300 g/mol. The van der Waals surface area contributed by atoms with Gasteiger partial charge in [0.2, 0.25) is 0 Å². The lowest BCUT2D eigenvalue weighted by Gasteiger charge is -2.17. The molecule has 4 heteroatoms. The maximum absolute atomic E-state index is 12.9. The van der Waals surface area contributed by atoms with Crippen molar-refractivity contribution in [2.45, 2.75) is 20.4 Å². The summed E-state index contributed by atoms with van der Waals surface area (Å²) in [6, 6.07) is 17.8. The molecule has 0 unspecified atom stereocenters. The molecule has 24 heavy (non-hydrogen) atoms. The minimum Gasteiger partial charge on any atom is -0.360 e. The first-order chi connectivity index (χ1) is 11.6. The average molecular weight is 320 g/mol. The Morgan fingerprint density at radius 3 is 2.38 bits per heavy atom. The molecule has 0 radical (unpaired) electrons. The highest BCUT2D eigenvalue weighted by Gasteiger charge is 2.24. The summed E-state index contributed by atoms with van der Waals surface area (Å²) in [5.74, 6) is 0.447. The monoisotopic (exact) mass is 320 g/mol. The van der Waals surface area contributed by atoms with Gasteiger partial charge in [-0.2, -0.15) is 0 Å². The van der Waals surface area contributed by atoms with Crippen molar-refractivity contribution in [1.82, 2.24) is 10.1 Å². The quantitative estimate of drug-likeness (QED) is 0.722. The van der Waals surface area contributed by atoms with Gasteiger partial charge in [-0.3, -0.25) is 4.79 Å². The summed E-state index contributed by atoms with van der Waals surface area (Å²) < 4.78 is 5.29. The minimum absolute atomic E-state index is 0.0896. The van der Waals surface area contributed by atoms with E-state index in [0.717, 1.165) is 11.1 Å². The van der Waals surface area contributed by atoms with Crippen molar-refractivity contribution in [2.24, 2.45) is 0 Å². The number of amides is 1. The summed E-state index contributed by atoms with van der Waals surface area (Å²) in [4.78, 5) is 14.6. The number of benzene rings is 2. The number of aryl methyl sites for hydroxylation is 2. The fourth-order valence-electron chi connectivity index (χ4n) is 2.65. The van der Waals surface area contributed by atoms with Crippen LogP contribution in [0.2, 0.25) is 0 Å². The highest BCUT2D eigenvalue weighted by Crippen LogP contribution is 2.26. The molecule has 0 aliphatic carbocycles. The van der Waals surface area contributed by atoms with Crippen LogP contribution in [0.1, 0.15) is 27.2 Å². The SMILES string of the molecule is Cc1ccc(CN(C)C(=O)c2c(-c3ccccc3)noc2C)cc1. The van der Waals surface area contributed by atoms with E-state index in [2.05, 4.69) is 5.16 Å². The van der Waals surface area contributed by atoms with Gasteiger partial charge >= 0.3 is 0 Å². The molecule has 122 valence electrons. The van der Waals surface area contributed by atoms with Crippen LogP contribution in [0.25, 0.3) is 11.3 Å². The van der Waals surface area contributed by atoms with Gasteiger partial charge in [-0.05, 0) is 19.4 Å². The molecule has 0 spiro atoms. The Bertz CT molecular complexity index is 836. The number of hydrogen-bond acceptors (Lipinski definition) is 3. The molecule has 0 aliphatic rings. The van der Waals surface area contributed by atoms with E-state index in [4.69, 9.17) is 4.52 Å². The Morgan fingerprint density at radius 1 is 1.04 bits per heavy atom. The van der Waals surface area contributed by atoms with Crippen LogP contribution < -0.4 is 0 Å². The maximum Gasteiger partial charge on any atom is 0.259 e. The smallest absolute Gasteiger partial charge is 0.259 e. The molecule has 0 N–H and O–H groups in total. The Labute approximate surface area is 141 Å². The lowest BCUT2D eigenvalue weighted by atomic mass is 10.0. The predicted molar refractivity (Wildman–Crippen MR) is 93.7 cm³/mol. The molecule has 0 aliphatic heterocycles. The highest BCUT2D eigenvalue weighted by molar-refractivity contribution is 6.00. The fourth-order valence-corrected chi connectivity index (χ4v) is 2.65. The zero-order valence-corrected chi connectivity index (χ0v) is 14.1. The van der Waals surface area contributed by atoms with Crippen LogP contribution in [0, 0.1) is 13.8 Å². The van der Waals surface area contributed by atoms with Crippen LogP contribution in [-0.2, 0) is 6.54 Å². The second-order valence-corrected chi connectivity index (χ2v) is 5.98. The van der Waals surface area contributed by atoms with Gasteiger partial charge in [0.15, 0.2) is 0 Å². The van der Waals surface area contributed by atoms with Crippen molar-refractivity contribution in [2.75, 3.05) is 7.05 Å². The third kappa shape index (κ3) is 3.23. The van der Waals surface area contributed by atoms with E-state index in [0.29, 0.717) is 23.6 Å². The van der Waals surface area contributed by atoms with E-state index in [9.17, 15) is 4.79 Å². The number of nitrogens with zero attached hydrogens (tertiary/aromatic N) is 2. The zero-order chi connectivity index (χ0) is 17.1. The molecule has 0 bridgehead atoms. The molecule has 0 saturated carbocycles. The molecule has 2 aromatic carbocycles. The summed E-state index contributed by atoms with van der Waals surface area (Å²) >= 11 is 0. The van der Waals surface area contributed by atoms with E-state index in [1.165, 1.54) is 5.56 Å². The molecule has 0 atom stereocenters. The Kier molecular flexibility index (Phi) is 4.47. The molecule has 4 nitrogen and oxygen atoms in total. The normalized spacial score (nSPS) is 10.6. The van der Waals surface area contributed by atoms with Crippen molar-refractivity contribution < 1.29 is 9.32 Å². The summed E-state index contributed by atoms with van der Waals surface area (Å²) in [5.41, 5.74) is 4.28. The van der Waals surface area contributed by atoms with Crippen molar-refractivity contribution in [1.29, 1.82) is 0 Å². The van der Waals surface area contributed by atoms with E-state index >= 15 is 0 Å². The number of rotatable bonds is 4. The topological polar surface area (TPSA) is 46.3 Å². The number of aromatic nitrogens is 1. The second-order valence-electron chi connectivity index (χ2n) is 5.98. The lowest BCUT2D eigenvalue weighted by Crippen LogP contribution is -2.26. The van der Waals surface area contributed by atoms with Crippen LogP contribution in [-0.4, -0.2) is 23.0 Å². The zero-order valence-electron chi connectivity index (χ0n) is 14.1. The Balaban J connectivity index is 1.87. The summed E-state index contributed by atoms with van der Waals surface area (Å²) in [7, 11) is 1.80. The van der Waals surface area contributed by atoms with Gasteiger partial charge in [-0.1, -0.05) is 65.3 Å². The molecule has 1 aromatic heterocycles. The van der Waals surface area contributed by atoms with Crippen LogP contribution in [0.15, 0.2) is 59.1 Å². The largest absolute Gasteiger partial charge is 0.360 e. The summed E-state index contributed by atoms with van der Waals surface area (Å²) in [6.45, 7) is 4.36. The standard InChI is InChI=1S/C20H20N2O2/c1-14-9-11-16(12-10-14)13-22(3)20(23)18-15(2)24-21-19(18)17-7-5-4-6-8-17/h4-12H,13H2,1-3H3. The van der Waals surface area contributed by atoms with Crippen LogP contribution in [0.3, 0.4) is 0 Å². The molecule has 1 heterocycles. The van der Waals surface area contributed by atoms with Crippen molar-refractivity contribution in [3.05, 3.63) is 77.0 Å². The summed E-state index contributed by atoms with van der Waals surface area (Å²) in [5, 5.41) is 4.09. The van der Waals surface area contributed by atoms with Gasteiger partial charge in [-0.25, -0.2) is 0 Å². The molecule has 0 fully saturated rings. The lowest BCUT2D eigenvalue weighted by molar-refractivity contribution is 0.0784. The first kappa shape index (κ1) is 16.0. The highest BCUT2D eigenvalue weighted by atomic mass is 16.5.